The number of nitrogens with zero attached hydrogens (tertiary/aromatic N) is 1. The largest absolute Gasteiger partial charge is 0.493 e. The number of amides is 2. The maximum Gasteiger partial charge on any atom is 0.243 e. The van der Waals surface area contributed by atoms with Gasteiger partial charge in [0, 0.05) is 12.3 Å². The lowest BCUT2D eigenvalue weighted by Crippen LogP contribution is -2.42. The third-order valence-corrected chi connectivity index (χ3v) is 4.29. The second-order valence-corrected chi connectivity index (χ2v) is 5.66. The summed E-state index contributed by atoms with van der Waals surface area (Å²) in [6, 6.07) is 7.40. The number of hydrogen-bond acceptors (Lipinski definition) is 5. The molecule has 7 heteroatoms. The van der Waals surface area contributed by atoms with Gasteiger partial charge in [0.2, 0.25) is 12.3 Å². The van der Waals surface area contributed by atoms with Gasteiger partial charge in [-0.25, -0.2) is 0 Å². The molecule has 2 rings (SSSR count). The summed E-state index contributed by atoms with van der Waals surface area (Å²) in [6.07, 6.45) is 0.529. The van der Waals surface area contributed by atoms with Gasteiger partial charge in [-0.15, -0.1) is 11.8 Å². The molecule has 0 spiro atoms. The number of hydrogen-bond donors (Lipinski definition) is 1. The van der Waals surface area contributed by atoms with Crippen molar-refractivity contribution in [2.45, 2.75) is 5.37 Å². The Kier molecular flexibility index (Phi) is 5.74. The molecule has 1 atom stereocenters. The molecule has 1 fully saturated rings. The molecular formula is C14H18N2O4S. The SMILES string of the molecule is COc1ccccc1OCC1SCCN1C(=O)CNC=O. The molecule has 0 saturated carbocycles. The number of nitrogens with one attached hydrogen (secondary N) is 1. The lowest BCUT2D eigenvalue weighted by atomic mass is 10.3. The first kappa shape index (κ1) is 15.5. The summed E-state index contributed by atoms with van der Waals surface area (Å²) >= 11 is 1.67. The van der Waals surface area contributed by atoms with Gasteiger partial charge < -0.3 is 19.7 Å². The molecule has 0 radical (unpaired) electrons. The number of carbonyl (C=O) groups is 2. The predicted octanol–water partition coefficient (Wildman–Crippen LogP) is 0.721. The van der Waals surface area contributed by atoms with Crippen molar-refractivity contribution in [1.82, 2.24) is 10.2 Å². The number of thioether (sulfide) groups is 1. The first-order valence-electron chi connectivity index (χ1n) is 6.60. The molecule has 1 saturated heterocycles. The molecule has 1 unspecified atom stereocenters. The molecule has 1 N–H and O–H groups in total. The van der Waals surface area contributed by atoms with Crippen molar-refractivity contribution in [1.29, 1.82) is 0 Å². The van der Waals surface area contributed by atoms with E-state index >= 15 is 0 Å². The first-order valence-corrected chi connectivity index (χ1v) is 7.65. The number of para-hydroxylation sites is 2. The average molecular weight is 310 g/mol. The fraction of sp³-hybridized carbons (Fsp3) is 0.429. The zero-order chi connectivity index (χ0) is 15.1. The van der Waals surface area contributed by atoms with Gasteiger partial charge in [0.25, 0.3) is 0 Å². The highest BCUT2D eigenvalue weighted by atomic mass is 32.2. The molecule has 0 aliphatic carbocycles. The van der Waals surface area contributed by atoms with Crippen LogP contribution in [0.25, 0.3) is 0 Å². The van der Waals surface area contributed by atoms with E-state index in [2.05, 4.69) is 5.32 Å². The normalized spacial score (nSPS) is 17.4. The molecule has 21 heavy (non-hydrogen) atoms. The van der Waals surface area contributed by atoms with E-state index in [-0.39, 0.29) is 17.8 Å². The van der Waals surface area contributed by atoms with Crippen LogP contribution in [0.2, 0.25) is 0 Å². The summed E-state index contributed by atoms with van der Waals surface area (Å²) in [6.45, 7) is 1.08. The smallest absolute Gasteiger partial charge is 0.243 e. The maximum atomic E-state index is 12.0. The van der Waals surface area contributed by atoms with Crippen LogP contribution in [0.3, 0.4) is 0 Å². The summed E-state index contributed by atoms with van der Waals surface area (Å²) < 4.78 is 11.0. The summed E-state index contributed by atoms with van der Waals surface area (Å²) in [7, 11) is 1.59. The summed E-state index contributed by atoms with van der Waals surface area (Å²) in [5, 5.41) is 2.35. The zero-order valence-electron chi connectivity index (χ0n) is 11.8. The summed E-state index contributed by atoms with van der Waals surface area (Å²) in [5.41, 5.74) is 0. The van der Waals surface area contributed by atoms with Crippen molar-refractivity contribution in [2.75, 3.05) is 32.6 Å². The number of methoxy groups -OCH3 is 1. The third kappa shape index (κ3) is 4.04. The Morgan fingerprint density at radius 1 is 1.48 bits per heavy atom. The van der Waals surface area contributed by atoms with Gasteiger partial charge in [0.1, 0.15) is 12.0 Å². The minimum Gasteiger partial charge on any atom is -0.493 e. The van der Waals surface area contributed by atoms with E-state index < -0.39 is 0 Å². The van der Waals surface area contributed by atoms with Gasteiger partial charge in [-0.1, -0.05) is 12.1 Å². The maximum absolute atomic E-state index is 12.0. The Morgan fingerprint density at radius 2 is 2.24 bits per heavy atom. The van der Waals surface area contributed by atoms with Gasteiger partial charge in [0.15, 0.2) is 11.5 Å². The molecule has 6 nitrogen and oxygen atoms in total. The van der Waals surface area contributed by atoms with Crippen LogP contribution < -0.4 is 14.8 Å². The van der Waals surface area contributed by atoms with Crippen LogP contribution >= 0.6 is 11.8 Å². The van der Waals surface area contributed by atoms with Crippen LogP contribution in [0.5, 0.6) is 11.5 Å². The van der Waals surface area contributed by atoms with Crippen molar-refractivity contribution < 1.29 is 19.1 Å². The minimum absolute atomic E-state index is 0.0230. The molecule has 1 aliphatic heterocycles. The van der Waals surface area contributed by atoms with E-state index in [4.69, 9.17) is 9.47 Å². The molecule has 1 aromatic carbocycles. The summed E-state index contributed by atoms with van der Waals surface area (Å²) in [5.74, 6) is 2.10. The fourth-order valence-electron chi connectivity index (χ4n) is 2.07. The molecule has 1 aromatic rings. The van der Waals surface area contributed by atoms with Gasteiger partial charge in [-0.05, 0) is 12.1 Å². The van der Waals surface area contributed by atoms with Crippen LogP contribution in [0.15, 0.2) is 24.3 Å². The Hall–Kier alpha value is -1.89. The van der Waals surface area contributed by atoms with Gasteiger partial charge in [-0.2, -0.15) is 0 Å². The Labute approximate surface area is 127 Å². The number of ether oxygens (including phenoxy) is 2. The third-order valence-electron chi connectivity index (χ3n) is 3.10. The van der Waals surface area contributed by atoms with Crippen LogP contribution in [0.1, 0.15) is 0 Å². The first-order chi connectivity index (χ1) is 10.3. The van der Waals surface area contributed by atoms with E-state index in [1.54, 1.807) is 23.8 Å². The van der Waals surface area contributed by atoms with E-state index in [9.17, 15) is 9.59 Å². The highest BCUT2D eigenvalue weighted by Crippen LogP contribution is 2.29. The fourth-order valence-corrected chi connectivity index (χ4v) is 3.22. The average Bonchev–Trinajstić information content (AvgIpc) is 2.99. The van der Waals surface area contributed by atoms with Crippen molar-refractivity contribution in [3.05, 3.63) is 24.3 Å². The standard InChI is InChI=1S/C14H18N2O4S/c1-19-11-4-2-3-5-12(11)20-9-14-16(6-7-21-14)13(18)8-15-10-17/h2-5,10,14H,6-9H2,1H3,(H,15,17). The van der Waals surface area contributed by atoms with E-state index in [0.717, 1.165) is 5.75 Å². The molecule has 0 aromatic heterocycles. The zero-order valence-corrected chi connectivity index (χ0v) is 12.6. The Morgan fingerprint density at radius 3 is 2.95 bits per heavy atom. The van der Waals surface area contributed by atoms with Gasteiger partial charge in [0.05, 0.1) is 13.7 Å². The van der Waals surface area contributed by atoms with E-state index in [1.165, 1.54) is 0 Å². The molecule has 0 bridgehead atoms. The van der Waals surface area contributed by atoms with Crippen molar-refractivity contribution >= 4 is 24.1 Å². The second-order valence-electron chi connectivity index (χ2n) is 4.37. The number of benzene rings is 1. The van der Waals surface area contributed by atoms with Gasteiger partial charge in [-0.3, -0.25) is 9.59 Å². The Balaban J connectivity index is 1.92. The topological polar surface area (TPSA) is 67.9 Å². The molecule has 2 amide bonds. The van der Waals surface area contributed by atoms with E-state index in [0.29, 0.717) is 31.1 Å². The lowest BCUT2D eigenvalue weighted by molar-refractivity contribution is -0.131. The van der Waals surface area contributed by atoms with Crippen LogP contribution in [-0.2, 0) is 9.59 Å². The monoisotopic (exact) mass is 310 g/mol. The molecular weight excluding hydrogens is 292 g/mol. The lowest BCUT2D eigenvalue weighted by Gasteiger charge is -2.24. The molecule has 1 aliphatic rings. The van der Waals surface area contributed by atoms with Crippen molar-refractivity contribution in [2.24, 2.45) is 0 Å². The number of rotatable bonds is 7. The minimum atomic E-state index is -0.0965. The van der Waals surface area contributed by atoms with E-state index in [1.807, 2.05) is 24.3 Å². The highest BCUT2D eigenvalue weighted by Gasteiger charge is 2.29. The number of carbonyl (C=O) groups excluding carboxylic acids is 2. The van der Waals surface area contributed by atoms with Gasteiger partial charge >= 0.3 is 0 Å². The second kappa shape index (κ2) is 7.78. The van der Waals surface area contributed by atoms with Crippen LogP contribution in [0.4, 0.5) is 0 Å². The van der Waals surface area contributed by atoms with Crippen molar-refractivity contribution in [3.63, 3.8) is 0 Å². The van der Waals surface area contributed by atoms with Crippen molar-refractivity contribution in [3.8, 4) is 11.5 Å². The molecule has 1 heterocycles. The summed E-state index contributed by atoms with van der Waals surface area (Å²) in [4.78, 5) is 24.0. The molecule has 114 valence electrons. The Bertz CT molecular complexity index is 498. The van der Waals surface area contributed by atoms with Crippen LogP contribution in [0, 0.1) is 0 Å². The predicted molar refractivity (Wildman–Crippen MR) is 80.5 cm³/mol. The highest BCUT2D eigenvalue weighted by molar-refractivity contribution is 8.00. The quantitative estimate of drug-likeness (QED) is 0.752. The van der Waals surface area contributed by atoms with Crippen LogP contribution in [-0.4, -0.2) is 55.2 Å².